The Labute approximate surface area is 103 Å². The molecule has 0 radical (unpaired) electrons. The van der Waals surface area contributed by atoms with Gasteiger partial charge in [0, 0.05) is 19.1 Å². The molecule has 0 aromatic heterocycles. The van der Waals surface area contributed by atoms with Gasteiger partial charge >= 0.3 is 0 Å². The molecule has 2 N–H and O–H groups in total. The Morgan fingerprint density at radius 2 is 1.88 bits per heavy atom. The first kappa shape index (κ1) is 11.9. The van der Waals surface area contributed by atoms with E-state index in [4.69, 9.17) is 11.0 Å². The molecule has 90 valence electrons. The van der Waals surface area contributed by atoms with Crippen LogP contribution in [0.25, 0.3) is 0 Å². The molecule has 1 fully saturated rings. The molecular weight excluding hydrogens is 210 g/mol. The van der Waals surface area contributed by atoms with E-state index in [2.05, 4.69) is 18.0 Å². The summed E-state index contributed by atoms with van der Waals surface area (Å²) in [6, 6.07) is 10.9. The summed E-state index contributed by atoms with van der Waals surface area (Å²) < 4.78 is 0. The molecule has 1 aliphatic rings. The van der Waals surface area contributed by atoms with Crippen molar-refractivity contribution < 1.29 is 0 Å². The average molecular weight is 229 g/mol. The maximum atomic E-state index is 9.11. The second-order valence-electron chi connectivity index (χ2n) is 4.81. The molecule has 1 aromatic carbocycles. The van der Waals surface area contributed by atoms with Gasteiger partial charge in [0.05, 0.1) is 11.3 Å². The van der Waals surface area contributed by atoms with Crippen molar-refractivity contribution in [2.24, 2.45) is 5.73 Å². The molecule has 0 saturated heterocycles. The highest BCUT2D eigenvalue weighted by molar-refractivity contribution is 5.59. The van der Waals surface area contributed by atoms with Crippen LogP contribution in [0.1, 0.15) is 31.2 Å². The van der Waals surface area contributed by atoms with Crippen molar-refractivity contribution in [3.05, 3.63) is 29.8 Å². The minimum absolute atomic E-state index is 0.367. The summed E-state index contributed by atoms with van der Waals surface area (Å²) >= 11 is 0. The van der Waals surface area contributed by atoms with Crippen LogP contribution in [-0.2, 0) is 0 Å². The highest BCUT2D eigenvalue weighted by Crippen LogP contribution is 2.27. The zero-order valence-corrected chi connectivity index (χ0v) is 10.3. The van der Waals surface area contributed by atoms with Crippen LogP contribution in [0, 0.1) is 11.3 Å². The van der Waals surface area contributed by atoms with Crippen molar-refractivity contribution in [2.75, 3.05) is 11.9 Å². The summed E-state index contributed by atoms with van der Waals surface area (Å²) in [5.74, 6) is 0. The SMILES string of the molecule is CN(c1ccccc1C#N)C1CCC(N)CC1. The van der Waals surface area contributed by atoms with Gasteiger partial charge in [0.2, 0.25) is 0 Å². The molecule has 0 bridgehead atoms. The van der Waals surface area contributed by atoms with Crippen LogP contribution in [-0.4, -0.2) is 19.1 Å². The van der Waals surface area contributed by atoms with E-state index in [1.165, 1.54) is 0 Å². The summed E-state index contributed by atoms with van der Waals surface area (Å²) in [5, 5.41) is 9.11. The molecule has 0 atom stereocenters. The van der Waals surface area contributed by atoms with Crippen LogP contribution in [0.4, 0.5) is 5.69 Å². The van der Waals surface area contributed by atoms with Gasteiger partial charge in [0.15, 0.2) is 0 Å². The molecule has 17 heavy (non-hydrogen) atoms. The minimum Gasteiger partial charge on any atom is -0.371 e. The van der Waals surface area contributed by atoms with Crippen LogP contribution < -0.4 is 10.6 Å². The van der Waals surface area contributed by atoms with E-state index in [0.29, 0.717) is 12.1 Å². The highest BCUT2D eigenvalue weighted by Gasteiger charge is 2.23. The Bertz CT molecular complexity index is 414. The quantitative estimate of drug-likeness (QED) is 0.846. The molecule has 0 unspecified atom stereocenters. The van der Waals surface area contributed by atoms with Crippen molar-refractivity contribution in [2.45, 2.75) is 37.8 Å². The van der Waals surface area contributed by atoms with Crippen LogP contribution in [0.5, 0.6) is 0 Å². The molecule has 1 saturated carbocycles. The van der Waals surface area contributed by atoms with Crippen molar-refractivity contribution in [3.63, 3.8) is 0 Å². The van der Waals surface area contributed by atoms with Gasteiger partial charge in [-0.1, -0.05) is 12.1 Å². The number of anilines is 1. The topological polar surface area (TPSA) is 53.0 Å². The summed E-state index contributed by atoms with van der Waals surface area (Å²) in [7, 11) is 2.08. The van der Waals surface area contributed by atoms with Crippen molar-refractivity contribution >= 4 is 5.69 Å². The molecule has 0 heterocycles. The van der Waals surface area contributed by atoms with Gasteiger partial charge in [-0.3, -0.25) is 0 Å². The number of rotatable bonds is 2. The van der Waals surface area contributed by atoms with E-state index in [1.54, 1.807) is 0 Å². The van der Waals surface area contributed by atoms with Crippen molar-refractivity contribution in [1.82, 2.24) is 0 Å². The Balaban J connectivity index is 2.14. The Morgan fingerprint density at radius 3 is 2.53 bits per heavy atom. The maximum absolute atomic E-state index is 9.11. The Hall–Kier alpha value is -1.53. The molecular formula is C14H19N3. The van der Waals surface area contributed by atoms with E-state index in [1.807, 2.05) is 24.3 Å². The van der Waals surface area contributed by atoms with Gasteiger partial charge < -0.3 is 10.6 Å². The number of nitriles is 1. The molecule has 1 aromatic rings. The normalized spacial score (nSPS) is 24.1. The number of nitrogens with zero attached hydrogens (tertiary/aromatic N) is 2. The second-order valence-corrected chi connectivity index (χ2v) is 4.81. The van der Waals surface area contributed by atoms with Gasteiger partial charge in [0.1, 0.15) is 6.07 Å². The number of hydrogen-bond donors (Lipinski definition) is 1. The number of nitrogens with two attached hydrogens (primary N) is 1. The fourth-order valence-electron chi connectivity index (χ4n) is 2.56. The molecule has 3 heteroatoms. The third-order valence-electron chi connectivity index (χ3n) is 3.69. The predicted molar refractivity (Wildman–Crippen MR) is 69.8 cm³/mol. The zero-order valence-electron chi connectivity index (χ0n) is 10.3. The maximum Gasteiger partial charge on any atom is 0.101 e. The molecule has 3 nitrogen and oxygen atoms in total. The largest absolute Gasteiger partial charge is 0.371 e. The summed E-state index contributed by atoms with van der Waals surface area (Å²) in [6.07, 6.45) is 4.42. The lowest BCUT2D eigenvalue weighted by Gasteiger charge is -2.35. The number of benzene rings is 1. The fraction of sp³-hybridized carbons (Fsp3) is 0.500. The third-order valence-corrected chi connectivity index (χ3v) is 3.69. The van der Waals surface area contributed by atoms with Crippen LogP contribution in [0.3, 0.4) is 0 Å². The lowest BCUT2D eigenvalue weighted by atomic mass is 9.90. The van der Waals surface area contributed by atoms with Gasteiger partial charge in [0.25, 0.3) is 0 Å². The monoisotopic (exact) mass is 229 g/mol. The van der Waals surface area contributed by atoms with Gasteiger partial charge in [-0.05, 0) is 37.8 Å². The van der Waals surface area contributed by atoms with Crippen LogP contribution in [0.15, 0.2) is 24.3 Å². The van der Waals surface area contributed by atoms with E-state index in [-0.39, 0.29) is 0 Å². The molecule has 2 rings (SSSR count). The first-order valence-corrected chi connectivity index (χ1v) is 6.20. The van der Waals surface area contributed by atoms with E-state index < -0.39 is 0 Å². The van der Waals surface area contributed by atoms with Crippen molar-refractivity contribution in [1.29, 1.82) is 5.26 Å². The lowest BCUT2D eigenvalue weighted by molar-refractivity contribution is 0.385. The fourth-order valence-corrected chi connectivity index (χ4v) is 2.56. The zero-order chi connectivity index (χ0) is 12.3. The smallest absolute Gasteiger partial charge is 0.101 e. The predicted octanol–water partition coefficient (Wildman–Crippen LogP) is 2.26. The molecule has 0 aliphatic heterocycles. The number of hydrogen-bond acceptors (Lipinski definition) is 3. The van der Waals surface area contributed by atoms with Gasteiger partial charge in [-0.2, -0.15) is 5.26 Å². The van der Waals surface area contributed by atoms with E-state index in [9.17, 15) is 0 Å². The molecule has 0 spiro atoms. The third kappa shape index (κ3) is 2.59. The average Bonchev–Trinajstić information content (AvgIpc) is 2.39. The van der Waals surface area contributed by atoms with Gasteiger partial charge in [-0.25, -0.2) is 0 Å². The summed E-state index contributed by atoms with van der Waals surface area (Å²) in [6.45, 7) is 0. The minimum atomic E-state index is 0.367. The second kappa shape index (κ2) is 5.20. The summed E-state index contributed by atoms with van der Waals surface area (Å²) in [4.78, 5) is 2.24. The van der Waals surface area contributed by atoms with Crippen LogP contribution in [0.2, 0.25) is 0 Å². The highest BCUT2D eigenvalue weighted by atomic mass is 15.1. The van der Waals surface area contributed by atoms with Gasteiger partial charge in [-0.15, -0.1) is 0 Å². The number of para-hydroxylation sites is 1. The Kier molecular flexibility index (Phi) is 3.65. The van der Waals surface area contributed by atoms with E-state index >= 15 is 0 Å². The van der Waals surface area contributed by atoms with E-state index in [0.717, 1.165) is 36.9 Å². The first-order valence-electron chi connectivity index (χ1n) is 6.20. The van der Waals surface area contributed by atoms with Crippen LogP contribution >= 0.6 is 0 Å². The Morgan fingerprint density at radius 1 is 1.24 bits per heavy atom. The standard InChI is InChI=1S/C14H19N3/c1-17(13-8-6-12(16)7-9-13)14-5-3-2-4-11(14)10-15/h2-5,12-13H,6-9,16H2,1H3. The molecule has 1 aliphatic carbocycles. The lowest BCUT2D eigenvalue weighted by Crippen LogP contribution is -2.39. The summed E-state index contributed by atoms with van der Waals surface area (Å²) in [5.41, 5.74) is 7.71. The first-order chi connectivity index (χ1) is 8.22. The van der Waals surface area contributed by atoms with Crippen molar-refractivity contribution in [3.8, 4) is 6.07 Å². The molecule has 0 amide bonds.